The molecule has 2 atom stereocenters. The van der Waals surface area contributed by atoms with Gasteiger partial charge in [0.2, 0.25) is 5.91 Å². The summed E-state index contributed by atoms with van der Waals surface area (Å²) < 4.78 is 15.7. The first-order chi connectivity index (χ1) is 17.8. The number of aliphatic hydroxyl groups excluding tert-OH is 1. The molecule has 0 heterocycles. The lowest BCUT2D eigenvalue weighted by atomic mass is 10.0. The molecule has 0 aromatic rings. The molecule has 0 saturated heterocycles. The van der Waals surface area contributed by atoms with Gasteiger partial charge in [0.15, 0.2) is 0 Å². The second-order valence-electron chi connectivity index (χ2n) is 10.8. The van der Waals surface area contributed by atoms with Crippen molar-refractivity contribution in [2.24, 2.45) is 0 Å². The van der Waals surface area contributed by atoms with Gasteiger partial charge in [-0.25, -0.2) is 4.57 Å². The Kier molecular flexibility index (Phi) is 25.5. The zero-order valence-corrected chi connectivity index (χ0v) is 25.0. The van der Waals surface area contributed by atoms with Gasteiger partial charge in [-0.1, -0.05) is 142 Å². The standard InChI is InChI=1S/C29H60NO6P/c1-3-5-7-9-11-12-13-14-15-16-17-19-20-22-24-28(31)27(26-36-37(33,34)35)30-29(32)25-23-21-18-10-8-6-4-2/h27-28,31H,3-26H2,1-2H3,(H,30,32)(H2,33,34,35)/t27-,28+/m0/s1. The molecule has 0 unspecified atom stereocenters. The van der Waals surface area contributed by atoms with Crippen molar-refractivity contribution >= 4 is 13.7 Å². The highest BCUT2D eigenvalue weighted by molar-refractivity contribution is 7.46. The number of nitrogens with one attached hydrogen (secondary N) is 1. The van der Waals surface area contributed by atoms with Gasteiger partial charge < -0.3 is 20.2 Å². The molecule has 0 aliphatic rings. The van der Waals surface area contributed by atoms with Gasteiger partial charge in [0.05, 0.1) is 18.8 Å². The molecule has 0 spiro atoms. The SMILES string of the molecule is CCCCCCCCCCCCCCCC[C@@H](O)[C@H](COP(=O)(O)O)NC(=O)CCCCCCCCC. The average Bonchev–Trinajstić information content (AvgIpc) is 2.85. The van der Waals surface area contributed by atoms with Crippen LogP contribution in [0, 0.1) is 0 Å². The predicted molar refractivity (Wildman–Crippen MR) is 153 cm³/mol. The normalized spacial score (nSPS) is 13.5. The van der Waals surface area contributed by atoms with E-state index in [1.165, 1.54) is 96.3 Å². The van der Waals surface area contributed by atoms with Gasteiger partial charge in [0, 0.05) is 6.42 Å². The molecule has 0 radical (unpaired) electrons. The highest BCUT2D eigenvalue weighted by atomic mass is 31.2. The number of amides is 1. The number of carbonyl (C=O) groups excluding carboxylic acids is 1. The predicted octanol–water partition coefficient (Wildman–Crippen LogP) is 7.95. The summed E-state index contributed by atoms with van der Waals surface area (Å²) >= 11 is 0. The maximum Gasteiger partial charge on any atom is 0.469 e. The van der Waals surface area contributed by atoms with Crippen molar-refractivity contribution in [3.63, 3.8) is 0 Å². The van der Waals surface area contributed by atoms with Crippen molar-refractivity contribution in [1.82, 2.24) is 5.32 Å². The van der Waals surface area contributed by atoms with E-state index in [0.29, 0.717) is 12.8 Å². The summed E-state index contributed by atoms with van der Waals surface area (Å²) in [6, 6.07) is -0.813. The summed E-state index contributed by atoms with van der Waals surface area (Å²) in [5.74, 6) is -0.201. The second-order valence-corrected chi connectivity index (χ2v) is 12.0. The minimum absolute atomic E-state index is 0.201. The molecule has 0 fully saturated rings. The van der Waals surface area contributed by atoms with Crippen LogP contribution >= 0.6 is 7.82 Å². The topological polar surface area (TPSA) is 116 Å². The molecule has 37 heavy (non-hydrogen) atoms. The second kappa shape index (κ2) is 25.8. The van der Waals surface area contributed by atoms with Crippen molar-refractivity contribution in [1.29, 1.82) is 0 Å². The highest BCUT2D eigenvalue weighted by Crippen LogP contribution is 2.36. The Morgan fingerprint density at radius 3 is 1.46 bits per heavy atom. The number of carbonyl (C=O) groups is 1. The van der Waals surface area contributed by atoms with Gasteiger partial charge in [-0.05, 0) is 12.8 Å². The molecular formula is C29H60NO6P. The van der Waals surface area contributed by atoms with E-state index in [0.717, 1.165) is 38.5 Å². The van der Waals surface area contributed by atoms with Crippen molar-refractivity contribution in [3.05, 3.63) is 0 Å². The maximum atomic E-state index is 12.3. The van der Waals surface area contributed by atoms with E-state index in [9.17, 15) is 14.5 Å². The lowest BCUT2D eigenvalue weighted by Crippen LogP contribution is -2.46. The Hall–Kier alpha value is -0.460. The molecule has 1 amide bonds. The van der Waals surface area contributed by atoms with Crippen LogP contribution in [0.3, 0.4) is 0 Å². The number of unbranched alkanes of at least 4 members (excludes halogenated alkanes) is 19. The molecule has 0 bridgehead atoms. The molecule has 8 heteroatoms. The van der Waals surface area contributed by atoms with E-state index in [2.05, 4.69) is 23.7 Å². The first-order valence-corrected chi connectivity index (χ1v) is 17.0. The Labute approximate surface area is 228 Å². The third-order valence-corrected chi connectivity index (χ3v) is 7.58. The van der Waals surface area contributed by atoms with Crippen LogP contribution < -0.4 is 5.32 Å². The molecule has 0 saturated carbocycles. The van der Waals surface area contributed by atoms with Crippen LogP contribution in [0.25, 0.3) is 0 Å². The average molecular weight is 550 g/mol. The molecule has 0 aromatic carbocycles. The van der Waals surface area contributed by atoms with Crippen LogP contribution in [0.5, 0.6) is 0 Å². The summed E-state index contributed by atoms with van der Waals surface area (Å²) in [6.07, 6.45) is 25.3. The van der Waals surface area contributed by atoms with Gasteiger partial charge in [-0.15, -0.1) is 0 Å². The van der Waals surface area contributed by atoms with E-state index in [1.807, 2.05) is 0 Å². The summed E-state index contributed by atoms with van der Waals surface area (Å²) in [6.45, 7) is 4.04. The van der Waals surface area contributed by atoms with Crippen LogP contribution in [0.2, 0.25) is 0 Å². The number of hydrogen-bond acceptors (Lipinski definition) is 4. The minimum atomic E-state index is -4.67. The number of aliphatic hydroxyl groups is 1. The molecular weight excluding hydrogens is 489 g/mol. The highest BCUT2D eigenvalue weighted by Gasteiger charge is 2.25. The van der Waals surface area contributed by atoms with Crippen molar-refractivity contribution in [2.75, 3.05) is 6.61 Å². The van der Waals surface area contributed by atoms with Crippen molar-refractivity contribution < 1.29 is 28.8 Å². The fourth-order valence-electron chi connectivity index (χ4n) is 4.70. The van der Waals surface area contributed by atoms with Gasteiger partial charge >= 0.3 is 7.82 Å². The van der Waals surface area contributed by atoms with E-state index in [-0.39, 0.29) is 5.91 Å². The zero-order chi connectivity index (χ0) is 27.6. The van der Waals surface area contributed by atoms with E-state index >= 15 is 0 Å². The Morgan fingerprint density at radius 2 is 1.05 bits per heavy atom. The largest absolute Gasteiger partial charge is 0.469 e. The summed E-state index contributed by atoms with van der Waals surface area (Å²) in [7, 11) is -4.67. The van der Waals surface area contributed by atoms with Crippen LogP contribution in [-0.4, -0.2) is 39.6 Å². The summed E-state index contributed by atoms with van der Waals surface area (Å²) in [5, 5.41) is 13.3. The third kappa shape index (κ3) is 26.9. The molecule has 222 valence electrons. The van der Waals surface area contributed by atoms with Crippen LogP contribution in [0.1, 0.15) is 162 Å². The number of phosphoric acid groups is 1. The monoisotopic (exact) mass is 549 g/mol. The van der Waals surface area contributed by atoms with Crippen molar-refractivity contribution in [3.8, 4) is 0 Å². The Balaban J connectivity index is 4.01. The Bertz CT molecular complexity index is 557. The maximum absolute atomic E-state index is 12.3. The van der Waals surface area contributed by atoms with Gasteiger partial charge in [-0.2, -0.15) is 0 Å². The first-order valence-electron chi connectivity index (χ1n) is 15.5. The quantitative estimate of drug-likeness (QED) is 0.0581. The molecule has 0 aliphatic heterocycles. The lowest BCUT2D eigenvalue weighted by Gasteiger charge is -2.24. The Morgan fingerprint density at radius 1 is 0.676 bits per heavy atom. The van der Waals surface area contributed by atoms with Gasteiger partial charge in [0.1, 0.15) is 0 Å². The molecule has 0 aliphatic carbocycles. The summed E-state index contributed by atoms with van der Waals surface area (Å²) in [4.78, 5) is 30.4. The van der Waals surface area contributed by atoms with E-state index < -0.39 is 26.6 Å². The van der Waals surface area contributed by atoms with Crippen LogP contribution in [0.15, 0.2) is 0 Å². The number of phosphoric ester groups is 1. The summed E-state index contributed by atoms with van der Waals surface area (Å²) in [5.41, 5.74) is 0. The van der Waals surface area contributed by atoms with Crippen LogP contribution in [0.4, 0.5) is 0 Å². The van der Waals surface area contributed by atoms with E-state index in [4.69, 9.17) is 9.79 Å². The van der Waals surface area contributed by atoms with E-state index in [1.54, 1.807) is 0 Å². The fraction of sp³-hybridized carbons (Fsp3) is 0.966. The molecule has 4 N–H and O–H groups in total. The number of rotatable bonds is 28. The number of hydrogen-bond donors (Lipinski definition) is 4. The third-order valence-electron chi connectivity index (χ3n) is 7.09. The zero-order valence-electron chi connectivity index (χ0n) is 24.1. The molecule has 0 aromatic heterocycles. The van der Waals surface area contributed by atoms with Crippen LogP contribution in [-0.2, 0) is 13.9 Å². The van der Waals surface area contributed by atoms with Gasteiger partial charge in [0.25, 0.3) is 0 Å². The first kappa shape index (κ1) is 36.5. The molecule has 7 nitrogen and oxygen atoms in total. The van der Waals surface area contributed by atoms with Crippen molar-refractivity contribution in [2.45, 2.75) is 174 Å². The lowest BCUT2D eigenvalue weighted by molar-refractivity contribution is -0.123. The fourth-order valence-corrected chi connectivity index (χ4v) is 5.05. The minimum Gasteiger partial charge on any atom is -0.391 e. The smallest absolute Gasteiger partial charge is 0.391 e. The van der Waals surface area contributed by atoms with Gasteiger partial charge in [-0.3, -0.25) is 9.32 Å². The molecule has 0 rings (SSSR count).